The number of hydrogen-bond donors (Lipinski definition) is 0. The van der Waals surface area contributed by atoms with Gasteiger partial charge in [0.1, 0.15) is 0 Å². The first-order valence-electron chi connectivity index (χ1n) is 9.32. The van der Waals surface area contributed by atoms with E-state index in [0.717, 1.165) is 10.0 Å². The maximum Gasteiger partial charge on any atom is 0.409 e. The van der Waals surface area contributed by atoms with Crippen molar-refractivity contribution < 1.29 is 29.0 Å². The average Bonchev–Trinajstić information content (AvgIpc) is 2.73. The molecule has 1 rings (SSSR count). The van der Waals surface area contributed by atoms with Crippen LogP contribution in [-0.2, 0) is 9.47 Å². The minimum atomic E-state index is -0.698. The highest BCUT2D eigenvalue weighted by molar-refractivity contribution is 5.68. The Morgan fingerprint density at radius 1 is 0.733 bits per heavy atom. The molecule has 0 aromatic rings. The van der Waals surface area contributed by atoms with E-state index in [0.29, 0.717) is 0 Å². The van der Waals surface area contributed by atoms with Gasteiger partial charge in [-0.15, -0.1) is 10.0 Å². The molecule has 0 unspecified atom stereocenters. The number of carbonyl (C=O) groups is 2. The van der Waals surface area contributed by atoms with Gasteiger partial charge < -0.3 is 40.1 Å². The summed E-state index contributed by atoms with van der Waals surface area (Å²) in [6, 6.07) is 0. The quantitative estimate of drug-likeness (QED) is 0.337. The fourth-order valence-corrected chi connectivity index (χ4v) is 2.63. The van der Waals surface area contributed by atoms with Gasteiger partial charge in [-0.3, -0.25) is 0 Å². The molecule has 0 aliphatic carbocycles. The lowest BCUT2D eigenvalue weighted by atomic mass is 10.4. The van der Waals surface area contributed by atoms with E-state index in [1.54, 1.807) is 13.8 Å². The van der Waals surface area contributed by atoms with E-state index in [1.165, 1.54) is 9.80 Å². The molecular weight excluding hydrogens is 408 g/mol. The van der Waals surface area contributed by atoms with E-state index < -0.39 is 12.2 Å². The van der Waals surface area contributed by atoms with Gasteiger partial charge in [-0.25, -0.2) is 9.59 Å². The third-order valence-corrected chi connectivity index (χ3v) is 4.19. The Bertz CT molecular complexity index is 551. The number of amides is 2. The van der Waals surface area contributed by atoms with Gasteiger partial charge in [-0.05, 0) is 24.4 Å². The second-order valence-electron chi connectivity index (χ2n) is 5.95. The van der Waals surface area contributed by atoms with Crippen molar-refractivity contribution in [1.82, 2.24) is 19.8 Å². The molecule has 0 saturated carbocycles. The highest BCUT2D eigenvalue weighted by Crippen LogP contribution is 2.05. The van der Waals surface area contributed by atoms with Gasteiger partial charge in [0.05, 0.1) is 39.4 Å². The SMILES string of the molecule is CCOC(=O)N1CCN(/[N+]([O-])=N/[O-])CCN(C(=O)OCC)CCN(/[N+]([O-])=N/[O-])CC1. The van der Waals surface area contributed by atoms with Crippen LogP contribution in [0.2, 0.25) is 0 Å². The summed E-state index contributed by atoms with van der Waals surface area (Å²) in [6.07, 6.45) is -1.40. The summed E-state index contributed by atoms with van der Waals surface area (Å²) in [5, 5.41) is 51.6. The van der Waals surface area contributed by atoms with Crippen molar-refractivity contribution in [2.24, 2.45) is 10.6 Å². The van der Waals surface area contributed by atoms with Crippen molar-refractivity contribution in [3.05, 3.63) is 20.8 Å². The first-order chi connectivity index (χ1) is 14.4. The summed E-state index contributed by atoms with van der Waals surface area (Å²) < 4.78 is 9.90. The normalized spacial score (nSPS) is 17.8. The average molecular weight is 434 g/mol. The second kappa shape index (κ2) is 12.9. The minimum absolute atomic E-state index is 0.0479. The number of ether oxygens (including phenoxy) is 2. The molecule has 30 heavy (non-hydrogen) atoms. The number of hydrogen-bond acceptors (Lipinski definition) is 10. The monoisotopic (exact) mass is 434 g/mol. The van der Waals surface area contributed by atoms with Gasteiger partial charge in [0.25, 0.3) is 0 Å². The van der Waals surface area contributed by atoms with Crippen LogP contribution in [0.5, 0.6) is 0 Å². The molecule has 0 N–H and O–H groups in total. The van der Waals surface area contributed by atoms with Crippen LogP contribution in [0.15, 0.2) is 10.6 Å². The van der Waals surface area contributed by atoms with Gasteiger partial charge >= 0.3 is 12.2 Å². The molecule has 1 fully saturated rings. The van der Waals surface area contributed by atoms with Gasteiger partial charge in [0.2, 0.25) is 0 Å². The van der Waals surface area contributed by atoms with Gasteiger partial charge in [-0.2, -0.15) is 0 Å². The molecule has 2 amide bonds. The van der Waals surface area contributed by atoms with Crippen LogP contribution < -0.4 is 0 Å². The van der Waals surface area contributed by atoms with E-state index in [9.17, 15) is 30.4 Å². The van der Waals surface area contributed by atoms with Crippen LogP contribution in [0.4, 0.5) is 9.59 Å². The molecule has 0 aromatic carbocycles. The zero-order valence-corrected chi connectivity index (χ0v) is 16.9. The maximum atomic E-state index is 12.2. The Morgan fingerprint density at radius 3 is 1.27 bits per heavy atom. The van der Waals surface area contributed by atoms with Crippen molar-refractivity contribution in [3.8, 4) is 0 Å². The van der Waals surface area contributed by atoms with Crippen LogP contribution in [0.25, 0.3) is 0 Å². The standard InChI is InChI=1S/C14H28N8O8/c1-3-29-13(23)17-5-9-19(21(27)15-25)11-7-18(14(24)30-4-2)8-12-20(10-6-17)22(28)16-26/h25-26H,3-12H2,1-2H3/p-2/b21-15-,22-16-. The lowest BCUT2D eigenvalue weighted by Gasteiger charge is -2.31. The van der Waals surface area contributed by atoms with Crippen molar-refractivity contribution >= 4 is 12.2 Å². The van der Waals surface area contributed by atoms with Gasteiger partial charge in [0.15, 0.2) is 0 Å². The fraction of sp³-hybridized carbons (Fsp3) is 0.857. The highest BCUT2D eigenvalue weighted by Gasteiger charge is 2.26. The van der Waals surface area contributed by atoms with Crippen molar-refractivity contribution in [2.75, 3.05) is 65.6 Å². The molecule has 1 aliphatic heterocycles. The lowest BCUT2D eigenvalue weighted by Crippen LogP contribution is -2.50. The zero-order chi connectivity index (χ0) is 22.5. The zero-order valence-electron chi connectivity index (χ0n) is 16.9. The van der Waals surface area contributed by atoms with Crippen LogP contribution in [0.1, 0.15) is 13.8 Å². The molecule has 16 nitrogen and oxygen atoms in total. The molecule has 172 valence electrons. The summed E-state index contributed by atoms with van der Waals surface area (Å²) in [7, 11) is 0. The molecule has 1 aliphatic rings. The molecule has 1 heterocycles. The summed E-state index contributed by atoms with van der Waals surface area (Å²) in [6.45, 7) is 2.84. The fourth-order valence-electron chi connectivity index (χ4n) is 2.63. The molecule has 16 heteroatoms. The molecular formula is C14H26N8O8-2. The molecule has 0 atom stereocenters. The molecule has 0 aromatic heterocycles. The Morgan fingerprint density at radius 2 is 1.03 bits per heavy atom. The number of carbonyl (C=O) groups excluding carboxylic acids is 2. The maximum absolute atomic E-state index is 12.2. The third-order valence-electron chi connectivity index (χ3n) is 4.19. The third kappa shape index (κ3) is 7.51. The molecule has 1 saturated heterocycles. The van der Waals surface area contributed by atoms with E-state index in [2.05, 4.69) is 10.6 Å². The van der Waals surface area contributed by atoms with Crippen molar-refractivity contribution in [2.45, 2.75) is 13.8 Å². The highest BCUT2D eigenvalue weighted by atomic mass is 16.6. The van der Waals surface area contributed by atoms with Gasteiger partial charge in [0, 0.05) is 36.1 Å². The Balaban J connectivity index is 3.09. The summed E-state index contributed by atoms with van der Waals surface area (Å²) >= 11 is 0. The minimum Gasteiger partial charge on any atom is -0.737 e. The Labute approximate surface area is 172 Å². The van der Waals surface area contributed by atoms with Crippen LogP contribution in [0.3, 0.4) is 0 Å². The van der Waals surface area contributed by atoms with E-state index in [4.69, 9.17) is 9.47 Å². The largest absolute Gasteiger partial charge is 0.737 e. The van der Waals surface area contributed by atoms with E-state index in [-0.39, 0.29) is 75.5 Å². The predicted molar refractivity (Wildman–Crippen MR) is 99.2 cm³/mol. The lowest BCUT2D eigenvalue weighted by molar-refractivity contribution is -0.692. The van der Waals surface area contributed by atoms with E-state index in [1.807, 2.05) is 0 Å². The smallest absolute Gasteiger partial charge is 0.409 e. The second-order valence-corrected chi connectivity index (χ2v) is 5.95. The first kappa shape index (κ1) is 24.6. The Kier molecular flexibility index (Phi) is 10.6. The van der Waals surface area contributed by atoms with Crippen molar-refractivity contribution in [3.63, 3.8) is 0 Å². The number of rotatable bonds is 4. The summed E-state index contributed by atoms with van der Waals surface area (Å²) in [4.78, 5) is 26.4. The van der Waals surface area contributed by atoms with E-state index >= 15 is 0 Å². The van der Waals surface area contributed by atoms with Gasteiger partial charge in [-0.1, -0.05) is 0 Å². The molecule has 0 bridgehead atoms. The predicted octanol–water partition coefficient (Wildman–Crippen LogP) is 0.272. The topological polar surface area (TPSA) is 189 Å². The van der Waals surface area contributed by atoms with Crippen LogP contribution in [-0.4, -0.2) is 108 Å². The molecule has 0 spiro atoms. The number of nitrogens with zero attached hydrogens (tertiary/aromatic N) is 8. The van der Waals surface area contributed by atoms with Crippen LogP contribution >= 0.6 is 0 Å². The first-order valence-corrected chi connectivity index (χ1v) is 9.32. The molecule has 0 radical (unpaired) electrons. The number of hydrazine groups is 2. The summed E-state index contributed by atoms with van der Waals surface area (Å²) in [5.74, 6) is 0. The van der Waals surface area contributed by atoms with Crippen LogP contribution in [0, 0.1) is 20.8 Å². The Hall–Kier alpha value is -3.46. The summed E-state index contributed by atoms with van der Waals surface area (Å²) in [5.41, 5.74) is 0. The van der Waals surface area contributed by atoms with Crippen molar-refractivity contribution in [1.29, 1.82) is 0 Å².